The number of nitrogens with one attached hydrogen (secondary N) is 1. The quantitative estimate of drug-likeness (QED) is 0.275. The molecule has 0 aliphatic carbocycles. The van der Waals surface area contributed by atoms with E-state index in [1.54, 1.807) is 25.1 Å². The van der Waals surface area contributed by atoms with Crippen molar-refractivity contribution in [2.24, 2.45) is 5.10 Å². The number of esters is 1. The number of carbonyl (C=O) groups is 2. The summed E-state index contributed by atoms with van der Waals surface area (Å²) in [5.74, 6) is -0.795. The first-order valence-corrected chi connectivity index (χ1v) is 5.17. The Morgan fingerprint density at radius 2 is 2.39 bits per heavy atom. The SMILES string of the molecule is CCOC(=O)C(C=O)=NNc1cccc(C#N)c1. The zero-order chi connectivity index (χ0) is 13.4. The molecule has 0 spiro atoms. The van der Waals surface area contributed by atoms with E-state index in [1.807, 2.05) is 6.07 Å². The van der Waals surface area contributed by atoms with Gasteiger partial charge in [0.05, 0.1) is 23.9 Å². The maximum atomic E-state index is 11.2. The minimum atomic E-state index is -0.795. The molecule has 0 aliphatic rings. The molecular weight excluding hydrogens is 234 g/mol. The van der Waals surface area contributed by atoms with Crippen molar-refractivity contribution in [1.29, 1.82) is 5.26 Å². The molecule has 0 unspecified atom stereocenters. The Labute approximate surface area is 104 Å². The van der Waals surface area contributed by atoms with Crippen molar-refractivity contribution in [2.75, 3.05) is 12.0 Å². The van der Waals surface area contributed by atoms with E-state index in [-0.39, 0.29) is 12.3 Å². The number of nitrogens with zero attached hydrogens (tertiary/aromatic N) is 2. The van der Waals surface area contributed by atoms with Gasteiger partial charge < -0.3 is 4.74 Å². The van der Waals surface area contributed by atoms with Crippen molar-refractivity contribution >= 4 is 23.7 Å². The van der Waals surface area contributed by atoms with Crippen LogP contribution in [-0.2, 0) is 14.3 Å². The van der Waals surface area contributed by atoms with Gasteiger partial charge in [0, 0.05) is 0 Å². The van der Waals surface area contributed by atoms with Gasteiger partial charge in [-0.15, -0.1) is 0 Å². The zero-order valence-corrected chi connectivity index (χ0v) is 9.71. The Balaban J connectivity index is 2.80. The summed E-state index contributed by atoms with van der Waals surface area (Å²) in [6, 6.07) is 8.43. The number of aldehydes is 1. The highest BCUT2D eigenvalue weighted by atomic mass is 16.5. The Kier molecular flexibility index (Phi) is 5.06. The van der Waals surface area contributed by atoms with E-state index in [0.29, 0.717) is 17.5 Å². The van der Waals surface area contributed by atoms with Crippen molar-refractivity contribution in [1.82, 2.24) is 0 Å². The van der Waals surface area contributed by atoms with Gasteiger partial charge >= 0.3 is 5.97 Å². The van der Waals surface area contributed by atoms with Crippen LogP contribution in [0.3, 0.4) is 0 Å². The summed E-state index contributed by atoms with van der Waals surface area (Å²) in [4.78, 5) is 21.9. The van der Waals surface area contributed by atoms with E-state index in [9.17, 15) is 9.59 Å². The summed E-state index contributed by atoms with van der Waals surface area (Å²) in [7, 11) is 0. The molecule has 0 atom stereocenters. The fourth-order valence-corrected chi connectivity index (χ4v) is 1.11. The summed E-state index contributed by atoms with van der Waals surface area (Å²) in [6.45, 7) is 1.79. The molecule has 6 nitrogen and oxygen atoms in total. The van der Waals surface area contributed by atoms with Gasteiger partial charge in [0.2, 0.25) is 5.71 Å². The summed E-state index contributed by atoms with van der Waals surface area (Å²) in [5.41, 5.74) is 3.09. The molecule has 0 bridgehead atoms. The largest absolute Gasteiger partial charge is 0.461 e. The lowest BCUT2D eigenvalue weighted by Crippen LogP contribution is -2.20. The van der Waals surface area contributed by atoms with Crippen LogP contribution >= 0.6 is 0 Å². The fourth-order valence-electron chi connectivity index (χ4n) is 1.11. The number of benzene rings is 1. The van der Waals surface area contributed by atoms with Crippen LogP contribution < -0.4 is 5.43 Å². The number of hydrazone groups is 1. The molecule has 0 saturated heterocycles. The van der Waals surface area contributed by atoms with Crippen LogP contribution in [0.2, 0.25) is 0 Å². The molecule has 18 heavy (non-hydrogen) atoms. The predicted molar refractivity (Wildman–Crippen MR) is 64.9 cm³/mol. The molecule has 0 amide bonds. The third-order valence-corrected chi connectivity index (χ3v) is 1.89. The van der Waals surface area contributed by atoms with Crippen LogP contribution in [0.15, 0.2) is 29.4 Å². The van der Waals surface area contributed by atoms with Crippen molar-refractivity contribution in [3.05, 3.63) is 29.8 Å². The molecule has 0 saturated carbocycles. The molecule has 0 fully saturated rings. The van der Waals surface area contributed by atoms with Crippen LogP contribution in [0.5, 0.6) is 0 Å². The molecule has 0 heterocycles. The van der Waals surface area contributed by atoms with E-state index < -0.39 is 5.97 Å². The third kappa shape index (κ3) is 3.72. The Morgan fingerprint density at radius 3 is 3.00 bits per heavy atom. The molecule has 6 heteroatoms. The standard InChI is InChI=1S/C12H11N3O3/c1-2-18-12(17)11(8-16)15-14-10-5-3-4-9(6-10)7-13/h3-6,8,14H,2H2,1H3. The second kappa shape index (κ2) is 6.81. The number of rotatable bonds is 5. The topological polar surface area (TPSA) is 91.6 Å². The van der Waals surface area contributed by atoms with Crippen LogP contribution in [0, 0.1) is 11.3 Å². The monoisotopic (exact) mass is 245 g/mol. The lowest BCUT2D eigenvalue weighted by Gasteiger charge is -2.02. The number of carbonyl (C=O) groups excluding carboxylic acids is 2. The van der Waals surface area contributed by atoms with E-state index in [4.69, 9.17) is 5.26 Å². The molecule has 0 aromatic heterocycles. The van der Waals surface area contributed by atoms with Gasteiger partial charge in [0.25, 0.3) is 0 Å². The van der Waals surface area contributed by atoms with Crippen LogP contribution in [0.25, 0.3) is 0 Å². The number of ether oxygens (including phenoxy) is 1. The summed E-state index contributed by atoms with van der Waals surface area (Å²) in [6.07, 6.45) is 0.305. The van der Waals surface area contributed by atoms with Crippen LogP contribution in [0.4, 0.5) is 5.69 Å². The molecular formula is C12H11N3O3. The third-order valence-electron chi connectivity index (χ3n) is 1.89. The maximum Gasteiger partial charge on any atom is 0.362 e. The summed E-state index contributed by atoms with van der Waals surface area (Å²) in [5, 5.41) is 12.3. The number of anilines is 1. The summed E-state index contributed by atoms with van der Waals surface area (Å²) < 4.78 is 4.63. The Morgan fingerprint density at radius 1 is 1.61 bits per heavy atom. The highest BCUT2D eigenvalue weighted by Gasteiger charge is 2.11. The fraction of sp³-hybridized carbons (Fsp3) is 0.167. The van der Waals surface area contributed by atoms with Gasteiger partial charge in [-0.2, -0.15) is 10.4 Å². The number of nitriles is 1. The molecule has 0 aliphatic heterocycles. The molecule has 1 aromatic carbocycles. The van der Waals surface area contributed by atoms with E-state index >= 15 is 0 Å². The average Bonchev–Trinajstić information content (AvgIpc) is 2.40. The van der Waals surface area contributed by atoms with Crippen molar-refractivity contribution in [3.8, 4) is 6.07 Å². The van der Waals surface area contributed by atoms with Gasteiger partial charge in [0.15, 0.2) is 6.29 Å². The molecule has 1 aromatic rings. The molecule has 1 N–H and O–H groups in total. The Hall–Kier alpha value is -2.68. The number of hydrogen-bond donors (Lipinski definition) is 1. The molecule has 92 valence electrons. The minimum absolute atomic E-state index is 0.162. The van der Waals surface area contributed by atoms with Crippen molar-refractivity contribution in [2.45, 2.75) is 6.92 Å². The van der Waals surface area contributed by atoms with E-state index in [0.717, 1.165) is 0 Å². The first-order valence-electron chi connectivity index (χ1n) is 5.17. The lowest BCUT2D eigenvalue weighted by molar-refractivity contribution is -0.135. The minimum Gasteiger partial charge on any atom is -0.461 e. The first-order chi connectivity index (χ1) is 8.71. The normalized spacial score (nSPS) is 10.3. The summed E-state index contributed by atoms with van der Waals surface area (Å²) >= 11 is 0. The second-order valence-corrected chi connectivity index (χ2v) is 3.14. The van der Waals surface area contributed by atoms with E-state index in [2.05, 4.69) is 15.3 Å². The van der Waals surface area contributed by atoms with Crippen molar-refractivity contribution < 1.29 is 14.3 Å². The molecule has 1 rings (SSSR count). The smallest absolute Gasteiger partial charge is 0.362 e. The van der Waals surface area contributed by atoms with Gasteiger partial charge in [0.1, 0.15) is 0 Å². The van der Waals surface area contributed by atoms with Gasteiger partial charge in [-0.3, -0.25) is 10.2 Å². The van der Waals surface area contributed by atoms with Gasteiger partial charge in [-0.1, -0.05) is 6.07 Å². The Bertz CT molecular complexity index is 518. The average molecular weight is 245 g/mol. The van der Waals surface area contributed by atoms with Crippen LogP contribution in [-0.4, -0.2) is 24.6 Å². The lowest BCUT2D eigenvalue weighted by atomic mass is 10.2. The van der Waals surface area contributed by atoms with E-state index in [1.165, 1.54) is 6.07 Å². The number of hydrogen-bond acceptors (Lipinski definition) is 6. The van der Waals surface area contributed by atoms with Crippen molar-refractivity contribution in [3.63, 3.8) is 0 Å². The predicted octanol–water partition coefficient (Wildman–Crippen LogP) is 1.09. The maximum absolute atomic E-state index is 11.2. The molecule has 0 radical (unpaired) electrons. The second-order valence-electron chi connectivity index (χ2n) is 3.14. The van der Waals surface area contributed by atoms with Crippen LogP contribution in [0.1, 0.15) is 12.5 Å². The zero-order valence-electron chi connectivity index (χ0n) is 9.71. The highest BCUT2D eigenvalue weighted by Crippen LogP contribution is 2.09. The van der Waals surface area contributed by atoms with Gasteiger partial charge in [-0.05, 0) is 25.1 Å². The van der Waals surface area contributed by atoms with Gasteiger partial charge in [-0.25, -0.2) is 4.79 Å². The first kappa shape index (κ1) is 13.4. The highest BCUT2D eigenvalue weighted by molar-refractivity contribution is 6.58.